The van der Waals surface area contributed by atoms with E-state index in [0.29, 0.717) is 0 Å². The summed E-state index contributed by atoms with van der Waals surface area (Å²) in [4.78, 5) is 10.1. The molecule has 0 aromatic carbocycles. The first-order valence-electron chi connectivity index (χ1n) is 2.16. The van der Waals surface area contributed by atoms with Gasteiger partial charge in [0, 0.05) is 0 Å². The van der Waals surface area contributed by atoms with Gasteiger partial charge in [0.25, 0.3) is 0 Å². The second-order valence-electron chi connectivity index (χ2n) is 1.16. The Labute approximate surface area is 65.9 Å². The fraction of sp³-hybridized carbons (Fsp3) is 0.250. The summed E-state index contributed by atoms with van der Waals surface area (Å²) in [7, 11) is 0. The van der Waals surface area contributed by atoms with Gasteiger partial charge in [0.1, 0.15) is 0 Å². The van der Waals surface area contributed by atoms with Crippen LogP contribution in [0.2, 0.25) is 0 Å². The molecule has 0 heterocycles. The maximum absolute atomic E-state index is 10.1. The first-order chi connectivity index (χ1) is 3.77. The molecule has 0 radical (unpaired) electrons. The molecule has 0 aliphatic rings. The Kier molecular flexibility index (Phi) is 5.87. The Morgan fingerprint density at radius 2 is 2.50 bits per heavy atom. The van der Waals surface area contributed by atoms with E-state index < -0.39 is 25.0 Å². The van der Waals surface area contributed by atoms with E-state index in [1.807, 2.05) is 0 Å². The molecule has 0 unspecified atom stereocenters. The molecule has 0 saturated carbocycles. The van der Waals surface area contributed by atoms with Crippen LogP contribution in [0.5, 0.6) is 0 Å². The van der Waals surface area contributed by atoms with Crippen LogP contribution in [-0.2, 0) is 32.5 Å². The van der Waals surface area contributed by atoms with E-state index in [4.69, 9.17) is 14.2 Å². The van der Waals surface area contributed by atoms with E-state index in [-0.39, 0.29) is 5.97 Å². The average molecular weight is 321 g/mol. The zero-order valence-corrected chi connectivity index (χ0v) is 10.8. The van der Waals surface area contributed by atoms with Gasteiger partial charge in [0.2, 0.25) is 0 Å². The van der Waals surface area contributed by atoms with E-state index in [1.165, 1.54) is 12.5 Å². The number of rotatable bonds is 2. The summed E-state index contributed by atoms with van der Waals surface area (Å²) in [5.74, 6) is -0.193. The molecule has 0 bridgehead atoms. The van der Waals surface area contributed by atoms with Crippen LogP contribution >= 0.6 is 11.6 Å². The minimum absolute atomic E-state index is 0.193. The molecule has 0 atom stereocenters. The molecule has 2 nitrogen and oxygen atoms in total. The van der Waals surface area contributed by atoms with Crippen molar-refractivity contribution >= 4 is 17.6 Å². The summed E-state index contributed by atoms with van der Waals surface area (Å²) in [6, 6.07) is 0. The SMILES string of the molecule is CC(=O)[O][Hg]/[CH]=C\Cl. The fourth-order valence-corrected chi connectivity index (χ4v) is 2.41. The van der Waals surface area contributed by atoms with Crippen molar-refractivity contribution < 1.29 is 32.5 Å². The third kappa shape index (κ3) is 6.44. The van der Waals surface area contributed by atoms with Crippen LogP contribution in [0, 0.1) is 0 Å². The molecule has 0 saturated heterocycles. The van der Waals surface area contributed by atoms with Gasteiger partial charge in [-0.05, 0) is 0 Å². The molecule has 0 rings (SSSR count). The molecule has 0 aromatic heterocycles. The number of carbonyl (C=O) groups is 1. The van der Waals surface area contributed by atoms with Crippen LogP contribution in [0.4, 0.5) is 0 Å². The summed E-state index contributed by atoms with van der Waals surface area (Å²) < 4.78 is 6.46. The summed E-state index contributed by atoms with van der Waals surface area (Å²) in [5.41, 5.74) is 1.41. The predicted molar refractivity (Wildman–Crippen MR) is 26.8 cm³/mol. The zero-order valence-electron chi connectivity index (χ0n) is 4.56. The van der Waals surface area contributed by atoms with Gasteiger partial charge in [0.05, 0.1) is 0 Å². The van der Waals surface area contributed by atoms with Gasteiger partial charge in [-0.15, -0.1) is 0 Å². The normalized spacial score (nSPS) is 8.75. The van der Waals surface area contributed by atoms with Gasteiger partial charge >= 0.3 is 66.1 Å². The average Bonchev–Trinajstić information content (AvgIpc) is 1.66. The van der Waals surface area contributed by atoms with Crippen LogP contribution in [0.15, 0.2) is 9.12 Å². The van der Waals surface area contributed by atoms with Crippen molar-refractivity contribution in [2.75, 3.05) is 0 Å². The number of halogens is 1. The fourth-order valence-electron chi connectivity index (χ4n) is 0.202. The maximum atomic E-state index is 10.1. The van der Waals surface area contributed by atoms with Crippen LogP contribution in [0.3, 0.4) is 0 Å². The predicted octanol–water partition coefficient (Wildman–Crippen LogP) is 1.26. The number of hydrogen-bond donors (Lipinski definition) is 0. The quantitative estimate of drug-likeness (QED) is 0.716. The van der Waals surface area contributed by atoms with Crippen molar-refractivity contribution in [3.8, 4) is 0 Å². The Morgan fingerprint density at radius 3 is 2.88 bits per heavy atom. The molecule has 0 aromatic rings. The standard InChI is InChI=1S/C2H2Cl.C2H4O2.Hg/c1-2-3;1-2(3)4;/h1-2H;1H3,(H,3,4);/q;;+1/p-1. The first-order valence-corrected chi connectivity index (χ1v) is 8.01. The van der Waals surface area contributed by atoms with Gasteiger partial charge in [-0.25, -0.2) is 0 Å². The van der Waals surface area contributed by atoms with Crippen molar-refractivity contribution in [3.05, 3.63) is 9.12 Å². The van der Waals surface area contributed by atoms with Crippen LogP contribution < -0.4 is 0 Å². The molecule has 42 valence electrons. The van der Waals surface area contributed by atoms with Crippen molar-refractivity contribution in [2.45, 2.75) is 6.92 Å². The molecule has 4 heteroatoms. The summed E-state index contributed by atoms with van der Waals surface area (Å²) >= 11 is 3.73. The monoisotopic (exact) mass is 322 g/mol. The molecule has 0 aliphatic carbocycles. The van der Waals surface area contributed by atoms with Crippen molar-refractivity contribution in [3.63, 3.8) is 0 Å². The molecule has 0 N–H and O–H groups in total. The third-order valence-electron chi connectivity index (χ3n) is 0.472. The second kappa shape index (κ2) is 5.57. The molecule has 8 heavy (non-hydrogen) atoms. The van der Waals surface area contributed by atoms with Gasteiger partial charge in [-0.3, -0.25) is 0 Å². The summed E-state index contributed by atoms with van der Waals surface area (Å²) in [5, 5.41) is 0. The topological polar surface area (TPSA) is 26.3 Å². The molecule has 0 amide bonds. The molecule has 0 spiro atoms. The van der Waals surface area contributed by atoms with Crippen LogP contribution in [0.25, 0.3) is 0 Å². The van der Waals surface area contributed by atoms with Crippen molar-refractivity contribution in [1.82, 2.24) is 0 Å². The second-order valence-corrected chi connectivity index (χ2v) is 5.67. The first kappa shape index (κ1) is 8.44. The van der Waals surface area contributed by atoms with Crippen LogP contribution in [0.1, 0.15) is 6.92 Å². The van der Waals surface area contributed by atoms with Crippen molar-refractivity contribution in [1.29, 1.82) is 0 Å². The minimum atomic E-state index is -1.43. The number of hydrogen-bond acceptors (Lipinski definition) is 2. The summed E-state index contributed by atoms with van der Waals surface area (Å²) in [6.07, 6.45) is 0. The zero-order chi connectivity index (χ0) is 6.41. The van der Waals surface area contributed by atoms with E-state index in [1.54, 1.807) is 3.58 Å². The molecule has 0 fully saturated rings. The van der Waals surface area contributed by atoms with Gasteiger partial charge < -0.3 is 0 Å². The van der Waals surface area contributed by atoms with Gasteiger partial charge in [-0.1, -0.05) is 0 Å². The van der Waals surface area contributed by atoms with E-state index in [0.717, 1.165) is 0 Å². The van der Waals surface area contributed by atoms with Gasteiger partial charge in [0.15, 0.2) is 0 Å². The van der Waals surface area contributed by atoms with E-state index >= 15 is 0 Å². The summed E-state index contributed by atoms with van der Waals surface area (Å²) in [6.45, 7) is 1.40. The Bertz CT molecular complexity index is 102. The Morgan fingerprint density at radius 1 is 1.88 bits per heavy atom. The Hall–Kier alpha value is 0.435. The molecule has 0 aliphatic heterocycles. The van der Waals surface area contributed by atoms with Crippen LogP contribution in [-0.4, -0.2) is 5.97 Å². The molecular formula is C4H5ClHgO2. The number of carbonyl (C=O) groups excluding carboxylic acids is 1. The van der Waals surface area contributed by atoms with Crippen molar-refractivity contribution in [2.24, 2.45) is 0 Å². The third-order valence-corrected chi connectivity index (χ3v) is 5.70. The van der Waals surface area contributed by atoms with E-state index in [2.05, 4.69) is 0 Å². The van der Waals surface area contributed by atoms with E-state index in [9.17, 15) is 4.79 Å². The molecular weight excluding hydrogens is 316 g/mol. The van der Waals surface area contributed by atoms with Gasteiger partial charge in [-0.2, -0.15) is 0 Å². The Balaban J connectivity index is 3.05.